The van der Waals surface area contributed by atoms with Crippen LogP contribution in [0.1, 0.15) is 51.2 Å². The van der Waals surface area contributed by atoms with Gasteiger partial charge in [0.25, 0.3) is 0 Å². The Morgan fingerprint density at radius 2 is 1.85 bits per heavy atom. The molecular formula is C18H29NO. The van der Waals surface area contributed by atoms with E-state index in [1.165, 1.54) is 30.4 Å². The Bertz CT molecular complexity index is 419. The summed E-state index contributed by atoms with van der Waals surface area (Å²) in [6.45, 7) is 10.9. The van der Waals surface area contributed by atoms with Crippen LogP contribution in [0.4, 0.5) is 0 Å². The van der Waals surface area contributed by atoms with E-state index in [0.29, 0.717) is 6.10 Å². The maximum atomic E-state index is 6.34. The summed E-state index contributed by atoms with van der Waals surface area (Å²) in [4.78, 5) is 0. The van der Waals surface area contributed by atoms with E-state index >= 15 is 0 Å². The second-order valence-electron chi connectivity index (χ2n) is 6.55. The summed E-state index contributed by atoms with van der Waals surface area (Å²) >= 11 is 0. The van der Waals surface area contributed by atoms with Crippen LogP contribution < -0.4 is 10.1 Å². The minimum atomic E-state index is 0.386. The monoisotopic (exact) mass is 275 g/mol. The molecule has 1 aliphatic carbocycles. The fraction of sp³-hybridized carbons (Fsp3) is 0.667. The van der Waals surface area contributed by atoms with E-state index in [0.717, 1.165) is 30.7 Å². The second-order valence-corrected chi connectivity index (χ2v) is 6.55. The van der Waals surface area contributed by atoms with Crippen LogP contribution in [0.5, 0.6) is 5.75 Å². The van der Waals surface area contributed by atoms with Crippen LogP contribution in [0.15, 0.2) is 18.2 Å². The Balaban J connectivity index is 2.07. The molecule has 1 fully saturated rings. The molecule has 1 N–H and O–H groups in total. The van der Waals surface area contributed by atoms with Gasteiger partial charge in [-0.3, -0.25) is 0 Å². The van der Waals surface area contributed by atoms with E-state index in [2.05, 4.69) is 51.2 Å². The van der Waals surface area contributed by atoms with E-state index in [1.54, 1.807) is 0 Å². The zero-order valence-corrected chi connectivity index (χ0v) is 13.4. The average Bonchev–Trinajstić information content (AvgIpc) is 2.38. The number of nitrogens with one attached hydrogen (secondary N) is 1. The minimum Gasteiger partial charge on any atom is -0.490 e. The summed E-state index contributed by atoms with van der Waals surface area (Å²) < 4.78 is 6.34. The topological polar surface area (TPSA) is 21.3 Å². The van der Waals surface area contributed by atoms with Crippen molar-refractivity contribution in [3.8, 4) is 5.75 Å². The van der Waals surface area contributed by atoms with Gasteiger partial charge in [-0.15, -0.1) is 0 Å². The third-order valence-corrected chi connectivity index (χ3v) is 4.21. The van der Waals surface area contributed by atoms with E-state index < -0.39 is 0 Å². The van der Waals surface area contributed by atoms with Crippen molar-refractivity contribution >= 4 is 0 Å². The third-order valence-electron chi connectivity index (χ3n) is 4.21. The van der Waals surface area contributed by atoms with Gasteiger partial charge in [0.2, 0.25) is 0 Å². The molecule has 2 atom stereocenters. The third kappa shape index (κ3) is 4.24. The number of ether oxygens (including phenoxy) is 1. The molecule has 20 heavy (non-hydrogen) atoms. The molecule has 1 aromatic carbocycles. The molecule has 0 aliphatic heterocycles. The number of hydrogen-bond donors (Lipinski definition) is 1. The van der Waals surface area contributed by atoms with Crippen LogP contribution >= 0.6 is 0 Å². The summed E-state index contributed by atoms with van der Waals surface area (Å²) in [5.74, 6) is 2.64. The highest BCUT2D eigenvalue weighted by Gasteiger charge is 2.25. The molecule has 0 saturated heterocycles. The summed E-state index contributed by atoms with van der Waals surface area (Å²) in [5, 5.41) is 3.41. The zero-order valence-electron chi connectivity index (χ0n) is 13.4. The first kappa shape index (κ1) is 15.4. The Labute approximate surface area is 123 Å². The van der Waals surface area contributed by atoms with Gasteiger partial charge in [-0.1, -0.05) is 38.5 Å². The van der Waals surface area contributed by atoms with E-state index in [-0.39, 0.29) is 0 Å². The van der Waals surface area contributed by atoms with Gasteiger partial charge in [-0.25, -0.2) is 0 Å². The van der Waals surface area contributed by atoms with Gasteiger partial charge in [0.1, 0.15) is 5.75 Å². The number of rotatable bonds is 5. The lowest BCUT2D eigenvalue weighted by Gasteiger charge is -2.32. The van der Waals surface area contributed by atoms with Crippen LogP contribution in [0.25, 0.3) is 0 Å². The summed E-state index contributed by atoms with van der Waals surface area (Å²) in [6, 6.07) is 6.54. The first-order valence-corrected chi connectivity index (χ1v) is 8.05. The molecule has 112 valence electrons. The molecule has 0 amide bonds. The van der Waals surface area contributed by atoms with Crippen LogP contribution in [0.3, 0.4) is 0 Å². The maximum absolute atomic E-state index is 6.34. The first-order chi connectivity index (χ1) is 9.58. The SMILES string of the molecule is CCNCc1cc(C)ccc1OC1CC(C)CC(C)C1. The van der Waals surface area contributed by atoms with Crippen molar-refractivity contribution < 1.29 is 4.74 Å². The number of aryl methyl sites for hydroxylation is 1. The molecule has 2 heteroatoms. The van der Waals surface area contributed by atoms with Gasteiger partial charge in [-0.2, -0.15) is 0 Å². The molecule has 1 aromatic rings. The smallest absolute Gasteiger partial charge is 0.124 e. The molecule has 2 nitrogen and oxygen atoms in total. The highest BCUT2D eigenvalue weighted by Crippen LogP contribution is 2.32. The van der Waals surface area contributed by atoms with E-state index in [1.807, 2.05) is 0 Å². The minimum absolute atomic E-state index is 0.386. The highest BCUT2D eigenvalue weighted by atomic mass is 16.5. The first-order valence-electron chi connectivity index (χ1n) is 8.05. The summed E-state index contributed by atoms with van der Waals surface area (Å²) in [6.07, 6.45) is 4.12. The maximum Gasteiger partial charge on any atom is 0.124 e. The van der Waals surface area contributed by atoms with Crippen LogP contribution in [-0.2, 0) is 6.54 Å². The molecule has 1 saturated carbocycles. The van der Waals surface area contributed by atoms with Gasteiger partial charge in [0.05, 0.1) is 6.10 Å². The second kappa shape index (κ2) is 7.12. The van der Waals surface area contributed by atoms with Gasteiger partial charge >= 0.3 is 0 Å². The normalized spacial score (nSPS) is 26.5. The molecule has 2 unspecified atom stereocenters. The zero-order chi connectivity index (χ0) is 14.5. The molecule has 1 aliphatic rings. The molecule has 0 spiro atoms. The molecule has 0 heterocycles. The van der Waals surface area contributed by atoms with Crippen molar-refractivity contribution in [3.63, 3.8) is 0 Å². The Kier molecular flexibility index (Phi) is 5.47. The van der Waals surface area contributed by atoms with Gasteiger partial charge in [0.15, 0.2) is 0 Å². The van der Waals surface area contributed by atoms with Gasteiger partial charge < -0.3 is 10.1 Å². The van der Waals surface area contributed by atoms with E-state index in [9.17, 15) is 0 Å². The summed E-state index contributed by atoms with van der Waals surface area (Å²) in [5.41, 5.74) is 2.59. The lowest BCUT2D eigenvalue weighted by molar-refractivity contribution is 0.0999. The molecular weight excluding hydrogens is 246 g/mol. The largest absolute Gasteiger partial charge is 0.490 e. The Morgan fingerprint density at radius 3 is 2.50 bits per heavy atom. The van der Waals surface area contributed by atoms with Crippen molar-refractivity contribution in [1.82, 2.24) is 5.32 Å². The predicted molar refractivity (Wildman–Crippen MR) is 85.2 cm³/mol. The average molecular weight is 275 g/mol. The molecule has 0 bridgehead atoms. The molecule has 2 rings (SSSR count). The van der Waals surface area contributed by atoms with E-state index in [4.69, 9.17) is 4.74 Å². The van der Waals surface area contributed by atoms with Crippen molar-refractivity contribution in [2.75, 3.05) is 6.54 Å². The summed E-state index contributed by atoms with van der Waals surface area (Å²) in [7, 11) is 0. The lowest BCUT2D eigenvalue weighted by atomic mass is 9.82. The van der Waals surface area contributed by atoms with Gasteiger partial charge in [-0.05, 0) is 50.6 Å². The van der Waals surface area contributed by atoms with Crippen molar-refractivity contribution in [2.24, 2.45) is 11.8 Å². The molecule has 0 aromatic heterocycles. The number of hydrogen-bond acceptors (Lipinski definition) is 2. The quantitative estimate of drug-likeness (QED) is 0.864. The lowest BCUT2D eigenvalue weighted by Crippen LogP contribution is -2.29. The standard InChI is InChI=1S/C18H29NO/c1-5-19-12-16-9-13(2)6-7-18(16)20-17-10-14(3)8-15(4)11-17/h6-7,9,14-15,17,19H,5,8,10-12H2,1-4H3. The Hall–Kier alpha value is -1.02. The Morgan fingerprint density at radius 1 is 1.15 bits per heavy atom. The van der Waals surface area contributed by atoms with Crippen molar-refractivity contribution in [2.45, 2.75) is 59.6 Å². The van der Waals surface area contributed by atoms with Crippen molar-refractivity contribution in [3.05, 3.63) is 29.3 Å². The highest BCUT2D eigenvalue weighted by molar-refractivity contribution is 5.37. The van der Waals surface area contributed by atoms with Gasteiger partial charge in [0, 0.05) is 12.1 Å². The van der Waals surface area contributed by atoms with Crippen molar-refractivity contribution in [1.29, 1.82) is 0 Å². The van der Waals surface area contributed by atoms with Crippen LogP contribution in [0, 0.1) is 18.8 Å². The fourth-order valence-electron chi connectivity index (χ4n) is 3.37. The predicted octanol–water partition coefficient (Wildman–Crippen LogP) is 4.31. The van der Waals surface area contributed by atoms with Crippen LogP contribution in [-0.4, -0.2) is 12.6 Å². The molecule has 0 radical (unpaired) electrons. The fourth-order valence-corrected chi connectivity index (χ4v) is 3.37. The van der Waals surface area contributed by atoms with Crippen LogP contribution in [0.2, 0.25) is 0 Å². The number of benzene rings is 1.